The predicted octanol–water partition coefficient (Wildman–Crippen LogP) is 1.84. The molecule has 0 radical (unpaired) electrons. The Hall–Kier alpha value is -0.990. The van der Waals surface area contributed by atoms with Crippen LogP contribution in [0.5, 0.6) is 5.75 Å². The van der Waals surface area contributed by atoms with Gasteiger partial charge in [-0.2, -0.15) is 11.8 Å². The molecule has 5 nitrogen and oxygen atoms in total. The number of halogens is 1. The highest BCUT2D eigenvalue weighted by Crippen LogP contribution is 2.28. The van der Waals surface area contributed by atoms with Gasteiger partial charge in [0.1, 0.15) is 0 Å². The van der Waals surface area contributed by atoms with Gasteiger partial charge in [-0.05, 0) is 32.2 Å². The molecule has 0 aliphatic carbocycles. The Morgan fingerprint density at radius 3 is 2.50 bits per heavy atom. The fourth-order valence-corrected chi connectivity index (χ4v) is 2.95. The highest BCUT2D eigenvalue weighted by molar-refractivity contribution is 8.00. The molecule has 0 bridgehead atoms. The lowest BCUT2D eigenvalue weighted by molar-refractivity contribution is 0.388. The molecular weight excluding hydrogens is 303 g/mol. The number of anilines is 1. The van der Waals surface area contributed by atoms with Gasteiger partial charge in [-0.15, -0.1) is 0 Å². The topological polar surface area (TPSA) is 81.4 Å². The number of rotatable bonds is 6. The van der Waals surface area contributed by atoms with Crippen molar-refractivity contribution in [2.24, 2.45) is 0 Å². The Balaban J connectivity index is 3.05. The summed E-state index contributed by atoms with van der Waals surface area (Å²) in [6, 6.07) is 2.07. The lowest BCUT2D eigenvalue weighted by Gasteiger charge is -2.22. The smallest absolute Gasteiger partial charge is 0.240 e. The van der Waals surface area contributed by atoms with Crippen molar-refractivity contribution < 1.29 is 17.5 Å². The number of sulfonamides is 1. The van der Waals surface area contributed by atoms with Crippen molar-refractivity contribution in [1.82, 2.24) is 4.72 Å². The number of nitrogen functional groups attached to an aromatic ring is 1. The van der Waals surface area contributed by atoms with Gasteiger partial charge in [0, 0.05) is 11.3 Å². The van der Waals surface area contributed by atoms with Gasteiger partial charge in [0.25, 0.3) is 0 Å². The van der Waals surface area contributed by atoms with Crippen molar-refractivity contribution in [3.05, 3.63) is 17.9 Å². The van der Waals surface area contributed by atoms with Crippen LogP contribution in [0.3, 0.4) is 0 Å². The molecule has 0 heterocycles. The normalized spacial score (nSPS) is 12.4. The van der Waals surface area contributed by atoms with E-state index in [0.29, 0.717) is 0 Å². The summed E-state index contributed by atoms with van der Waals surface area (Å²) in [5.74, 6) is -0.967. The lowest BCUT2D eigenvalue weighted by Crippen LogP contribution is -2.36. The average Bonchev–Trinajstić information content (AvgIpc) is 2.36. The molecule has 0 saturated heterocycles. The monoisotopic (exact) mass is 322 g/mol. The largest absolute Gasteiger partial charge is 0.492 e. The summed E-state index contributed by atoms with van der Waals surface area (Å²) < 4.78 is 44.9. The Labute approximate surface area is 123 Å². The van der Waals surface area contributed by atoms with E-state index in [0.717, 1.165) is 6.07 Å². The molecule has 1 rings (SSSR count). The van der Waals surface area contributed by atoms with Crippen LogP contribution in [0.25, 0.3) is 0 Å². The minimum absolute atomic E-state index is 0.0583. The molecule has 1 aromatic rings. The molecule has 0 fully saturated rings. The van der Waals surface area contributed by atoms with Crippen LogP contribution in [0, 0.1) is 5.82 Å². The maximum absolute atomic E-state index is 13.7. The van der Waals surface area contributed by atoms with Gasteiger partial charge < -0.3 is 10.5 Å². The number of nitrogens with two attached hydrogens (primary N) is 1. The molecule has 0 spiro atoms. The summed E-state index contributed by atoms with van der Waals surface area (Å²) in [6.07, 6.45) is 1.89. The summed E-state index contributed by atoms with van der Waals surface area (Å²) in [4.78, 5) is -0.217. The van der Waals surface area contributed by atoms with Gasteiger partial charge >= 0.3 is 0 Å². The van der Waals surface area contributed by atoms with Crippen molar-refractivity contribution in [2.45, 2.75) is 23.5 Å². The molecule has 8 heteroatoms. The molecule has 0 aliphatic heterocycles. The van der Waals surface area contributed by atoms with E-state index < -0.39 is 15.8 Å². The van der Waals surface area contributed by atoms with Crippen LogP contribution in [0.15, 0.2) is 17.0 Å². The van der Waals surface area contributed by atoms with Crippen LogP contribution in [0.2, 0.25) is 0 Å². The van der Waals surface area contributed by atoms with Crippen LogP contribution < -0.4 is 15.2 Å². The highest BCUT2D eigenvalue weighted by atomic mass is 32.2. The zero-order valence-electron chi connectivity index (χ0n) is 11.9. The minimum Gasteiger partial charge on any atom is -0.492 e. The van der Waals surface area contributed by atoms with E-state index in [9.17, 15) is 12.8 Å². The second kappa shape index (κ2) is 6.19. The highest BCUT2D eigenvalue weighted by Gasteiger charge is 2.23. The van der Waals surface area contributed by atoms with E-state index in [2.05, 4.69) is 4.72 Å². The lowest BCUT2D eigenvalue weighted by atomic mass is 10.2. The van der Waals surface area contributed by atoms with Crippen LogP contribution in [-0.4, -0.2) is 33.1 Å². The first-order valence-corrected chi connectivity index (χ1v) is 8.51. The van der Waals surface area contributed by atoms with Crippen molar-refractivity contribution in [2.75, 3.05) is 25.6 Å². The van der Waals surface area contributed by atoms with Crippen molar-refractivity contribution in [1.29, 1.82) is 0 Å². The number of methoxy groups -OCH3 is 1. The fourth-order valence-electron chi connectivity index (χ4n) is 1.38. The summed E-state index contributed by atoms with van der Waals surface area (Å²) in [7, 11) is -2.55. The zero-order valence-corrected chi connectivity index (χ0v) is 13.5. The first-order valence-electron chi connectivity index (χ1n) is 5.81. The number of ether oxygens (including phenoxy) is 1. The van der Waals surface area contributed by atoms with E-state index >= 15 is 0 Å². The predicted molar refractivity (Wildman–Crippen MR) is 80.1 cm³/mol. The first kappa shape index (κ1) is 17.1. The second-order valence-electron chi connectivity index (χ2n) is 4.82. The summed E-state index contributed by atoms with van der Waals surface area (Å²) in [5, 5.41) is 0. The second-order valence-corrected chi connectivity index (χ2v) is 8.10. The molecule has 0 saturated carbocycles. The third-order valence-corrected chi connectivity index (χ3v) is 5.43. The number of thioether (sulfide) groups is 1. The molecule has 3 N–H and O–H groups in total. The Kier molecular flexibility index (Phi) is 5.28. The third-order valence-electron chi connectivity index (χ3n) is 2.80. The zero-order chi connectivity index (χ0) is 15.6. The van der Waals surface area contributed by atoms with Crippen molar-refractivity contribution >= 4 is 27.5 Å². The van der Waals surface area contributed by atoms with Crippen LogP contribution >= 0.6 is 11.8 Å². The van der Waals surface area contributed by atoms with Crippen LogP contribution in [0.1, 0.15) is 13.8 Å². The van der Waals surface area contributed by atoms with Crippen molar-refractivity contribution in [3.63, 3.8) is 0 Å². The Morgan fingerprint density at radius 1 is 1.45 bits per heavy atom. The van der Waals surface area contributed by atoms with Crippen molar-refractivity contribution in [3.8, 4) is 5.75 Å². The summed E-state index contributed by atoms with van der Waals surface area (Å²) in [6.45, 7) is 4.04. The van der Waals surface area contributed by atoms with E-state index in [4.69, 9.17) is 10.5 Å². The van der Waals surface area contributed by atoms with Gasteiger partial charge in [-0.3, -0.25) is 0 Å². The molecule has 0 atom stereocenters. The van der Waals surface area contributed by atoms with E-state index in [1.165, 1.54) is 24.9 Å². The molecule has 20 heavy (non-hydrogen) atoms. The molecule has 0 aromatic heterocycles. The molecule has 114 valence electrons. The van der Waals surface area contributed by atoms with Gasteiger partial charge in [-0.25, -0.2) is 17.5 Å². The standard InChI is InChI=1S/C12H19FN2O3S2/c1-12(2,19-4)7-15-20(16,17)8-5-9(13)11(18-3)10(14)6-8/h5-6,15H,7,14H2,1-4H3. The van der Waals surface area contributed by atoms with Gasteiger partial charge in [0.05, 0.1) is 17.7 Å². The first-order chi connectivity index (χ1) is 9.13. The van der Waals surface area contributed by atoms with Crippen LogP contribution in [-0.2, 0) is 10.0 Å². The van der Waals surface area contributed by atoms with Gasteiger partial charge in [-0.1, -0.05) is 0 Å². The maximum atomic E-state index is 13.7. The maximum Gasteiger partial charge on any atom is 0.240 e. The molecule has 0 amide bonds. The SMILES string of the molecule is COc1c(N)cc(S(=O)(=O)NCC(C)(C)SC)cc1F. The van der Waals surface area contributed by atoms with Gasteiger partial charge in [0.15, 0.2) is 11.6 Å². The number of nitrogens with one attached hydrogen (secondary N) is 1. The van der Waals surface area contributed by atoms with E-state index in [1.54, 1.807) is 0 Å². The molecule has 1 aromatic carbocycles. The number of hydrogen-bond acceptors (Lipinski definition) is 5. The minimum atomic E-state index is -3.81. The third kappa shape index (κ3) is 4.00. The Morgan fingerprint density at radius 2 is 2.05 bits per heavy atom. The average molecular weight is 322 g/mol. The molecule has 0 unspecified atom stereocenters. The number of benzene rings is 1. The molecular formula is C12H19FN2O3S2. The van der Waals surface area contributed by atoms with E-state index in [1.807, 2.05) is 20.1 Å². The molecule has 0 aliphatic rings. The fraction of sp³-hybridized carbons (Fsp3) is 0.500. The summed E-state index contributed by atoms with van der Waals surface area (Å²) in [5.41, 5.74) is 5.52. The van der Waals surface area contributed by atoms with Gasteiger partial charge in [0.2, 0.25) is 10.0 Å². The van der Waals surface area contributed by atoms with Crippen LogP contribution in [0.4, 0.5) is 10.1 Å². The van der Waals surface area contributed by atoms with E-state index in [-0.39, 0.29) is 27.6 Å². The number of hydrogen-bond donors (Lipinski definition) is 2. The quantitative estimate of drug-likeness (QED) is 0.781. The Bertz CT molecular complexity index is 565. The summed E-state index contributed by atoms with van der Waals surface area (Å²) >= 11 is 1.53.